The molecule has 119 valence electrons. The highest BCUT2D eigenvalue weighted by molar-refractivity contribution is 6.14. The van der Waals surface area contributed by atoms with Crippen LogP contribution in [0.4, 0.5) is 0 Å². The van der Waals surface area contributed by atoms with Gasteiger partial charge in [-0.15, -0.1) is 0 Å². The smallest absolute Gasteiger partial charge is 0.312 e. The SMILES string of the molecule is CCC([Si])C(C(=O)O)C(C(=O)O)c1cccc(OC)c1OC. The van der Waals surface area contributed by atoms with Gasteiger partial charge in [0, 0.05) is 15.8 Å². The van der Waals surface area contributed by atoms with E-state index in [1.807, 2.05) is 0 Å². The van der Waals surface area contributed by atoms with Crippen LogP contribution in [-0.2, 0) is 9.59 Å². The maximum Gasteiger partial charge on any atom is 0.312 e. The summed E-state index contributed by atoms with van der Waals surface area (Å²) in [6, 6.07) is 4.78. The van der Waals surface area contributed by atoms with Gasteiger partial charge >= 0.3 is 11.9 Å². The quantitative estimate of drug-likeness (QED) is 0.710. The minimum atomic E-state index is -1.26. The highest BCUT2D eigenvalue weighted by Gasteiger charge is 2.40. The third-order valence-corrected chi connectivity index (χ3v) is 4.32. The van der Waals surface area contributed by atoms with E-state index in [2.05, 4.69) is 10.2 Å². The van der Waals surface area contributed by atoms with Crippen molar-refractivity contribution in [2.24, 2.45) is 5.92 Å². The van der Waals surface area contributed by atoms with Gasteiger partial charge in [-0.25, -0.2) is 0 Å². The van der Waals surface area contributed by atoms with E-state index in [1.165, 1.54) is 14.2 Å². The number of rotatable bonds is 8. The normalized spacial score (nSPS) is 14.7. The van der Waals surface area contributed by atoms with Crippen LogP contribution < -0.4 is 9.47 Å². The molecule has 0 bridgehead atoms. The molecule has 3 atom stereocenters. The van der Waals surface area contributed by atoms with E-state index in [9.17, 15) is 19.8 Å². The van der Waals surface area contributed by atoms with Crippen LogP contribution in [0.2, 0.25) is 5.54 Å². The maximum atomic E-state index is 11.8. The Morgan fingerprint density at radius 3 is 2.23 bits per heavy atom. The summed E-state index contributed by atoms with van der Waals surface area (Å²) in [5.74, 6) is -4.21. The Hall–Kier alpha value is -2.02. The Labute approximate surface area is 132 Å². The van der Waals surface area contributed by atoms with Crippen molar-refractivity contribution in [1.29, 1.82) is 0 Å². The average molecular weight is 323 g/mol. The second-order valence-electron chi connectivity index (χ2n) is 4.78. The molecule has 0 spiro atoms. The lowest BCUT2D eigenvalue weighted by atomic mass is 9.82. The van der Waals surface area contributed by atoms with Gasteiger partial charge in [-0.3, -0.25) is 9.59 Å². The summed E-state index contributed by atoms with van der Waals surface area (Å²) in [4.78, 5) is 23.4. The van der Waals surface area contributed by atoms with Crippen molar-refractivity contribution in [2.75, 3.05) is 14.2 Å². The summed E-state index contributed by atoms with van der Waals surface area (Å²) >= 11 is 0. The number of para-hydroxylation sites is 1. The van der Waals surface area contributed by atoms with Crippen molar-refractivity contribution >= 4 is 22.2 Å². The Bertz CT molecular complexity index is 545. The molecule has 3 unspecified atom stereocenters. The summed E-state index contributed by atoms with van der Waals surface area (Å²) in [6.07, 6.45) is 0.476. The second-order valence-corrected chi connectivity index (χ2v) is 5.52. The van der Waals surface area contributed by atoms with Gasteiger partial charge in [-0.2, -0.15) is 0 Å². The van der Waals surface area contributed by atoms with Crippen molar-refractivity contribution in [3.63, 3.8) is 0 Å². The minimum Gasteiger partial charge on any atom is -0.493 e. The molecule has 0 saturated carbocycles. The molecule has 2 N–H and O–H groups in total. The largest absolute Gasteiger partial charge is 0.493 e. The molecule has 7 heteroatoms. The average Bonchev–Trinajstić information content (AvgIpc) is 2.50. The lowest BCUT2D eigenvalue weighted by Crippen LogP contribution is -2.32. The van der Waals surface area contributed by atoms with Gasteiger partial charge in [0.05, 0.1) is 26.1 Å². The third-order valence-electron chi connectivity index (χ3n) is 3.55. The van der Waals surface area contributed by atoms with E-state index >= 15 is 0 Å². The van der Waals surface area contributed by atoms with Crippen molar-refractivity contribution in [2.45, 2.75) is 24.8 Å². The van der Waals surface area contributed by atoms with Crippen LogP contribution in [0, 0.1) is 5.92 Å². The van der Waals surface area contributed by atoms with E-state index in [0.717, 1.165) is 0 Å². The van der Waals surface area contributed by atoms with Crippen LogP contribution in [0.3, 0.4) is 0 Å². The molecule has 3 radical (unpaired) electrons. The summed E-state index contributed by atoms with van der Waals surface area (Å²) in [5, 5.41) is 19.1. The maximum absolute atomic E-state index is 11.8. The molecule has 0 amide bonds. The zero-order chi connectivity index (χ0) is 16.9. The van der Waals surface area contributed by atoms with Gasteiger partial charge in [0.25, 0.3) is 0 Å². The van der Waals surface area contributed by atoms with E-state index in [4.69, 9.17) is 9.47 Å². The molecular formula is C15H19O6Si. The van der Waals surface area contributed by atoms with Crippen molar-refractivity contribution in [3.8, 4) is 11.5 Å². The number of methoxy groups -OCH3 is 2. The fourth-order valence-electron chi connectivity index (χ4n) is 2.44. The summed E-state index contributed by atoms with van der Waals surface area (Å²) < 4.78 is 10.4. The van der Waals surface area contributed by atoms with Crippen LogP contribution >= 0.6 is 0 Å². The van der Waals surface area contributed by atoms with Crippen LogP contribution in [0.25, 0.3) is 0 Å². The lowest BCUT2D eigenvalue weighted by molar-refractivity contribution is -0.150. The number of carbonyl (C=O) groups is 2. The molecule has 0 aliphatic rings. The van der Waals surface area contributed by atoms with Crippen molar-refractivity contribution in [1.82, 2.24) is 0 Å². The lowest BCUT2D eigenvalue weighted by Gasteiger charge is -2.27. The number of carboxylic acids is 2. The molecule has 0 aliphatic carbocycles. The molecule has 0 aliphatic heterocycles. The first-order valence-electron chi connectivity index (χ1n) is 6.76. The molecular weight excluding hydrogens is 304 g/mol. The van der Waals surface area contributed by atoms with Crippen LogP contribution in [0.1, 0.15) is 24.8 Å². The van der Waals surface area contributed by atoms with Crippen LogP contribution in [-0.4, -0.2) is 46.6 Å². The highest BCUT2D eigenvalue weighted by atomic mass is 28.1. The summed E-state index contributed by atoms with van der Waals surface area (Å²) in [5.41, 5.74) is -0.215. The first-order chi connectivity index (χ1) is 10.4. The zero-order valence-corrected chi connectivity index (χ0v) is 13.7. The first-order valence-corrected chi connectivity index (χ1v) is 7.34. The monoisotopic (exact) mass is 323 g/mol. The molecule has 6 nitrogen and oxygen atoms in total. The summed E-state index contributed by atoms with van der Waals surface area (Å²) in [7, 11) is 6.16. The van der Waals surface area contributed by atoms with Gasteiger partial charge in [0.1, 0.15) is 0 Å². The van der Waals surface area contributed by atoms with E-state index in [1.54, 1.807) is 25.1 Å². The second kappa shape index (κ2) is 7.84. The van der Waals surface area contributed by atoms with Gasteiger partial charge in [-0.1, -0.05) is 25.5 Å². The molecule has 0 fully saturated rings. The molecule has 22 heavy (non-hydrogen) atoms. The predicted molar refractivity (Wildman–Crippen MR) is 80.8 cm³/mol. The molecule has 1 rings (SSSR count). The number of hydrogen-bond acceptors (Lipinski definition) is 4. The van der Waals surface area contributed by atoms with Gasteiger partial charge in [-0.05, 0) is 11.6 Å². The standard InChI is InChI=1S/C15H19O6Si/c1-4-10(22)12(15(18)19)11(14(16)17)8-6-5-7-9(20-2)13(8)21-3/h5-7,10-12H,4H2,1-3H3,(H,16,17)(H,18,19). The Morgan fingerprint density at radius 1 is 1.18 bits per heavy atom. The number of carboxylic acid groups (broad SMARTS) is 2. The number of ether oxygens (including phenoxy) is 2. The number of benzene rings is 1. The van der Waals surface area contributed by atoms with E-state index in [-0.39, 0.29) is 11.3 Å². The molecule has 0 saturated heterocycles. The summed E-state index contributed by atoms with van der Waals surface area (Å²) in [6.45, 7) is 1.79. The van der Waals surface area contributed by atoms with Crippen molar-refractivity contribution < 1.29 is 29.3 Å². The number of hydrogen-bond donors (Lipinski definition) is 2. The predicted octanol–water partition coefficient (Wildman–Crippen LogP) is 1.94. The first kappa shape index (κ1) is 18.0. The van der Waals surface area contributed by atoms with Crippen molar-refractivity contribution in [3.05, 3.63) is 23.8 Å². The zero-order valence-electron chi connectivity index (χ0n) is 12.7. The minimum absolute atomic E-state index is 0.235. The van der Waals surface area contributed by atoms with Crippen LogP contribution in [0.15, 0.2) is 18.2 Å². The fraction of sp³-hybridized carbons (Fsp3) is 0.467. The Morgan fingerprint density at radius 2 is 1.82 bits per heavy atom. The van der Waals surface area contributed by atoms with Crippen LogP contribution in [0.5, 0.6) is 11.5 Å². The van der Waals surface area contributed by atoms with Gasteiger partial charge in [0.15, 0.2) is 11.5 Å². The van der Waals surface area contributed by atoms with Gasteiger partial charge < -0.3 is 19.7 Å². The molecule has 1 aromatic rings. The highest BCUT2D eigenvalue weighted by Crippen LogP contribution is 2.42. The van der Waals surface area contributed by atoms with Gasteiger partial charge in [0.2, 0.25) is 0 Å². The Balaban J connectivity index is 3.49. The Kier molecular flexibility index (Phi) is 6.42. The molecule has 0 aromatic heterocycles. The third kappa shape index (κ3) is 3.59. The molecule has 0 heterocycles. The molecule has 1 aromatic carbocycles. The topological polar surface area (TPSA) is 93.1 Å². The fourth-order valence-corrected chi connectivity index (χ4v) is 2.77. The number of aliphatic carboxylic acids is 2. The van der Waals surface area contributed by atoms with E-state index < -0.39 is 29.3 Å². The van der Waals surface area contributed by atoms with E-state index in [0.29, 0.717) is 12.2 Å².